The van der Waals surface area contributed by atoms with Gasteiger partial charge in [0.05, 0.1) is 19.1 Å². The number of carbonyl (C=O) groups excluding carboxylic acids is 2. The van der Waals surface area contributed by atoms with Gasteiger partial charge in [-0.15, -0.1) is 0 Å². The molecule has 0 unspecified atom stereocenters. The van der Waals surface area contributed by atoms with E-state index in [1.165, 1.54) is 13.4 Å². The van der Waals surface area contributed by atoms with Crippen molar-refractivity contribution in [3.05, 3.63) is 53.5 Å². The summed E-state index contributed by atoms with van der Waals surface area (Å²) in [4.78, 5) is 23.3. The number of aryl methyl sites for hydroxylation is 1. The second-order valence-electron chi connectivity index (χ2n) is 4.20. The predicted octanol–water partition coefficient (Wildman–Crippen LogP) is 2.52. The number of esters is 2. The van der Waals surface area contributed by atoms with Crippen LogP contribution in [0.1, 0.15) is 21.7 Å². The molecule has 0 saturated heterocycles. The van der Waals surface area contributed by atoms with Gasteiger partial charge in [-0.05, 0) is 19.1 Å². The highest BCUT2D eigenvalue weighted by atomic mass is 16.5. The molecule has 1 aromatic heterocycles. The molecule has 0 aliphatic carbocycles. The standard InChI is InChI=1S/C15H14O5/c1-10-7-12(9-19-10)15(17)20-13-6-4-3-5-11(13)8-14(16)18-2/h3-7,9H,8H2,1-2H3. The Labute approximate surface area is 116 Å². The van der Waals surface area contributed by atoms with Crippen LogP contribution >= 0.6 is 0 Å². The third kappa shape index (κ3) is 3.26. The summed E-state index contributed by atoms with van der Waals surface area (Å²) in [5.74, 6) is 0.0355. The van der Waals surface area contributed by atoms with Crippen LogP contribution in [0.2, 0.25) is 0 Å². The molecule has 2 rings (SSSR count). The molecule has 0 aliphatic rings. The number of methoxy groups -OCH3 is 1. The highest BCUT2D eigenvalue weighted by molar-refractivity contribution is 5.91. The van der Waals surface area contributed by atoms with Crippen molar-refractivity contribution in [2.45, 2.75) is 13.3 Å². The predicted molar refractivity (Wildman–Crippen MR) is 70.6 cm³/mol. The first-order valence-corrected chi connectivity index (χ1v) is 6.02. The van der Waals surface area contributed by atoms with Crippen molar-refractivity contribution in [1.82, 2.24) is 0 Å². The highest BCUT2D eigenvalue weighted by Gasteiger charge is 2.15. The van der Waals surface area contributed by atoms with Crippen molar-refractivity contribution < 1.29 is 23.5 Å². The van der Waals surface area contributed by atoms with E-state index in [0.717, 1.165) is 0 Å². The fourth-order valence-corrected chi connectivity index (χ4v) is 1.69. The number of para-hydroxylation sites is 1. The molecule has 104 valence electrons. The van der Waals surface area contributed by atoms with E-state index >= 15 is 0 Å². The molecule has 0 radical (unpaired) electrons. The Balaban J connectivity index is 2.16. The summed E-state index contributed by atoms with van der Waals surface area (Å²) in [7, 11) is 1.31. The minimum atomic E-state index is -0.529. The lowest BCUT2D eigenvalue weighted by Gasteiger charge is -2.08. The molecule has 5 nitrogen and oxygen atoms in total. The average Bonchev–Trinajstić information content (AvgIpc) is 2.87. The topological polar surface area (TPSA) is 65.7 Å². The maximum Gasteiger partial charge on any atom is 0.346 e. The molecular formula is C15H14O5. The van der Waals surface area contributed by atoms with Gasteiger partial charge in [0, 0.05) is 5.56 Å². The largest absolute Gasteiger partial charge is 0.469 e. The number of benzene rings is 1. The molecule has 20 heavy (non-hydrogen) atoms. The van der Waals surface area contributed by atoms with Crippen LogP contribution < -0.4 is 4.74 Å². The van der Waals surface area contributed by atoms with E-state index in [9.17, 15) is 9.59 Å². The van der Waals surface area contributed by atoms with Gasteiger partial charge in [0.2, 0.25) is 0 Å². The molecule has 0 spiro atoms. The minimum Gasteiger partial charge on any atom is -0.469 e. The summed E-state index contributed by atoms with van der Waals surface area (Å²) in [6.07, 6.45) is 1.38. The van der Waals surface area contributed by atoms with Gasteiger partial charge in [-0.25, -0.2) is 4.79 Å². The third-order valence-corrected chi connectivity index (χ3v) is 2.70. The molecule has 0 aliphatic heterocycles. The van der Waals surface area contributed by atoms with E-state index < -0.39 is 11.9 Å². The molecule has 0 bridgehead atoms. The quantitative estimate of drug-likeness (QED) is 0.633. The SMILES string of the molecule is COC(=O)Cc1ccccc1OC(=O)c1coc(C)c1. The van der Waals surface area contributed by atoms with Crippen molar-refractivity contribution in [2.24, 2.45) is 0 Å². The Bertz CT molecular complexity index is 627. The highest BCUT2D eigenvalue weighted by Crippen LogP contribution is 2.20. The Hall–Kier alpha value is -2.56. The van der Waals surface area contributed by atoms with Crippen LogP contribution in [0.4, 0.5) is 0 Å². The normalized spacial score (nSPS) is 10.1. The zero-order valence-electron chi connectivity index (χ0n) is 11.2. The first kappa shape index (κ1) is 13.9. The van der Waals surface area contributed by atoms with Gasteiger partial charge in [0.1, 0.15) is 17.8 Å². The van der Waals surface area contributed by atoms with Crippen LogP contribution in [0.25, 0.3) is 0 Å². The summed E-state index contributed by atoms with van der Waals surface area (Å²) in [5.41, 5.74) is 0.920. The Morgan fingerprint density at radius 1 is 1.25 bits per heavy atom. The minimum absolute atomic E-state index is 0.0460. The van der Waals surface area contributed by atoms with Gasteiger partial charge in [-0.3, -0.25) is 4.79 Å². The van der Waals surface area contributed by atoms with Crippen LogP contribution in [0.3, 0.4) is 0 Å². The molecule has 0 N–H and O–H groups in total. The van der Waals surface area contributed by atoms with Gasteiger partial charge in [-0.2, -0.15) is 0 Å². The van der Waals surface area contributed by atoms with E-state index in [-0.39, 0.29) is 6.42 Å². The van der Waals surface area contributed by atoms with Crippen molar-refractivity contribution in [3.63, 3.8) is 0 Å². The van der Waals surface area contributed by atoms with Crippen molar-refractivity contribution in [3.8, 4) is 5.75 Å². The Kier molecular flexibility index (Phi) is 4.20. The van der Waals surface area contributed by atoms with E-state index in [1.807, 2.05) is 0 Å². The number of hydrogen-bond acceptors (Lipinski definition) is 5. The monoisotopic (exact) mass is 274 g/mol. The summed E-state index contributed by atoms with van der Waals surface area (Å²) in [5, 5.41) is 0. The second kappa shape index (κ2) is 6.06. The van der Waals surface area contributed by atoms with Gasteiger partial charge in [-0.1, -0.05) is 18.2 Å². The van der Waals surface area contributed by atoms with Crippen molar-refractivity contribution in [1.29, 1.82) is 0 Å². The second-order valence-corrected chi connectivity index (χ2v) is 4.20. The zero-order valence-corrected chi connectivity index (χ0v) is 11.2. The fraction of sp³-hybridized carbons (Fsp3) is 0.200. The third-order valence-electron chi connectivity index (χ3n) is 2.70. The lowest BCUT2D eigenvalue weighted by Crippen LogP contribution is -2.11. The first-order valence-electron chi connectivity index (χ1n) is 6.02. The maximum absolute atomic E-state index is 11.9. The van der Waals surface area contributed by atoms with E-state index in [0.29, 0.717) is 22.6 Å². The van der Waals surface area contributed by atoms with Gasteiger partial charge < -0.3 is 13.9 Å². The molecular weight excluding hydrogens is 260 g/mol. The molecule has 2 aromatic rings. The number of hydrogen-bond donors (Lipinski definition) is 0. The fourth-order valence-electron chi connectivity index (χ4n) is 1.69. The van der Waals surface area contributed by atoms with E-state index in [1.54, 1.807) is 37.3 Å². The number of carbonyl (C=O) groups is 2. The van der Waals surface area contributed by atoms with Gasteiger partial charge in [0.15, 0.2) is 0 Å². The molecule has 1 heterocycles. The molecule has 5 heteroatoms. The Morgan fingerprint density at radius 3 is 2.65 bits per heavy atom. The Morgan fingerprint density at radius 2 is 2.00 bits per heavy atom. The summed E-state index contributed by atoms with van der Waals surface area (Å²) in [6, 6.07) is 8.41. The molecule has 0 amide bonds. The first-order chi connectivity index (χ1) is 9.60. The summed E-state index contributed by atoms with van der Waals surface area (Å²) >= 11 is 0. The van der Waals surface area contributed by atoms with Crippen molar-refractivity contribution >= 4 is 11.9 Å². The zero-order chi connectivity index (χ0) is 14.5. The van der Waals surface area contributed by atoms with Gasteiger partial charge >= 0.3 is 11.9 Å². The van der Waals surface area contributed by atoms with E-state index in [2.05, 4.69) is 4.74 Å². The average molecular weight is 274 g/mol. The lowest BCUT2D eigenvalue weighted by molar-refractivity contribution is -0.139. The van der Waals surface area contributed by atoms with Gasteiger partial charge in [0.25, 0.3) is 0 Å². The lowest BCUT2D eigenvalue weighted by atomic mass is 10.1. The van der Waals surface area contributed by atoms with Crippen LogP contribution in [0, 0.1) is 6.92 Å². The maximum atomic E-state index is 11.9. The molecule has 0 saturated carbocycles. The van der Waals surface area contributed by atoms with Crippen LogP contribution in [-0.4, -0.2) is 19.0 Å². The molecule has 0 atom stereocenters. The number of rotatable bonds is 4. The van der Waals surface area contributed by atoms with Crippen LogP contribution in [-0.2, 0) is 16.0 Å². The molecule has 1 aromatic carbocycles. The smallest absolute Gasteiger partial charge is 0.346 e. The van der Waals surface area contributed by atoms with Crippen LogP contribution in [0.15, 0.2) is 41.0 Å². The number of ether oxygens (including phenoxy) is 2. The van der Waals surface area contributed by atoms with Crippen molar-refractivity contribution in [2.75, 3.05) is 7.11 Å². The molecule has 0 fully saturated rings. The van der Waals surface area contributed by atoms with Crippen LogP contribution in [0.5, 0.6) is 5.75 Å². The summed E-state index contributed by atoms with van der Waals surface area (Å²) < 4.78 is 15.0. The summed E-state index contributed by atoms with van der Waals surface area (Å²) in [6.45, 7) is 1.74. The number of furan rings is 1. The van der Waals surface area contributed by atoms with E-state index in [4.69, 9.17) is 9.15 Å².